The van der Waals surface area contributed by atoms with Gasteiger partial charge in [-0.15, -0.1) is 0 Å². The minimum atomic E-state index is -0.551. The number of piperidine rings is 1. The first-order chi connectivity index (χ1) is 15.1. The Morgan fingerprint density at radius 2 is 1.81 bits per heavy atom. The first-order valence-corrected chi connectivity index (χ1v) is 10.7. The molecule has 2 saturated heterocycles. The van der Waals surface area contributed by atoms with E-state index in [1.54, 1.807) is 20.3 Å². The van der Waals surface area contributed by atoms with Gasteiger partial charge in [0.1, 0.15) is 6.10 Å². The number of hydrogen-bond acceptors (Lipinski definition) is 6. The number of hydrogen-bond donors (Lipinski definition) is 1. The Morgan fingerprint density at radius 3 is 2.45 bits per heavy atom. The van der Waals surface area contributed by atoms with Crippen LogP contribution in [0, 0.1) is 0 Å². The molecule has 2 aromatic rings. The molecular formula is C24H30N2O5. The Bertz CT molecular complexity index is 933. The Morgan fingerprint density at radius 1 is 1.06 bits per heavy atom. The Labute approximate surface area is 183 Å². The van der Waals surface area contributed by atoms with Gasteiger partial charge in [-0.2, -0.15) is 0 Å². The predicted molar refractivity (Wildman–Crippen MR) is 117 cm³/mol. The number of fused-ring (bicyclic) bond motifs is 1. The number of methoxy groups -OCH3 is 3. The maximum atomic E-state index is 12.4. The average molecular weight is 427 g/mol. The molecule has 0 spiro atoms. The summed E-state index contributed by atoms with van der Waals surface area (Å²) in [5.74, 6) is 0.714. The van der Waals surface area contributed by atoms with Crippen molar-refractivity contribution in [3.05, 3.63) is 53.1 Å². The highest BCUT2D eigenvalue weighted by Gasteiger charge is 2.43. The molecule has 0 aromatic heterocycles. The summed E-state index contributed by atoms with van der Waals surface area (Å²) in [6.45, 7) is 1.49. The number of carbonyl (C=O) groups is 1. The third-order valence-corrected chi connectivity index (χ3v) is 6.38. The SMILES string of the molecule is COc1cc(C(N)=O)c(C2OCC(c3ccccc3)N3CCCCC23)c(OC)c1OC. The molecule has 2 N–H and O–H groups in total. The molecule has 2 fully saturated rings. The summed E-state index contributed by atoms with van der Waals surface area (Å²) in [6, 6.07) is 12.3. The zero-order valence-corrected chi connectivity index (χ0v) is 18.3. The zero-order valence-electron chi connectivity index (χ0n) is 18.3. The Balaban J connectivity index is 1.81. The van der Waals surface area contributed by atoms with Crippen LogP contribution in [-0.2, 0) is 4.74 Å². The van der Waals surface area contributed by atoms with Gasteiger partial charge in [0.05, 0.1) is 39.5 Å². The van der Waals surface area contributed by atoms with Crippen LogP contribution in [0.15, 0.2) is 36.4 Å². The van der Waals surface area contributed by atoms with E-state index in [1.807, 2.05) is 6.07 Å². The number of nitrogens with two attached hydrogens (primary N) is 1. The molecule has 1 amide bonds. The lowest BCUT2D eigenvalue weighted by Crippen LogP contribution is -2.51. The van der Waals surface area contributed by atoms with E-state index < -0.39 is 5.91 Å². The predicted octanol–water partition coefficient (Wildman–Crippen LogP) is 3.48. The minimum absolute atomic E-state index is 0.0952. The second kappa shape index (κ2) is 9.16. The van der Waals surface area contributed by atoms with E-state index in [0.717, 1.165) is 25.8 Å². The number of ether oxygens (including phenoxy) is 4. The molecule has 0 saturated carbocycles. The maximum Gasteiger partial charge on any atom is 0.249 e. The lowest BCUT2D eigenvalue weighted by atomic mass is 9.85. The van der Waals surface area contributed by atoms with Crippen LogP contribution in [-0.4, -0.2) is 51.3 Å². The average Bonchev–Trinajstić information content (AvgIpc) is 2.82. The quantitative estimate of drug-likeness (QED) is 0.762. The van der Waals surface area contributed by atoms with E-state index in [0.29, 0.717) is 35.0 Å². The van der Waals surface area contributed by atoms with E-state index in [9.17, 15) is 4.79 Å². The third-order valence-electron chi connectivity index (χ3n) is 6.38. The monoisotopic (exact) mass is 426 g/mol. The Hall–Kier alpha value is -2.77. The number of nitrogens with zero attached hydrogens (tertiary/aromatic N) is 1. The van der Waals surface area contributed by atoms with Crippen molar-refractivity contribution in [3.8, 4) is 17.2 Å². The smallest absolute Gasteiger partial charge is 0.249 e. The van der Waals surface area contributed by atoms with Crippen molar-refractivity contribution in [3.63, 3.8) is 0 Å². The molecular weight excluding hydrogens is 396 g/mol. The molecule has 31 heavy (non-hydrogen) atoms. The van der Waals surface area contributed by atoms with Crippen LogP contribution >= 0.6 is 0 Å². The normalized spacial score (nSPS) is 23.6. The van der Waals surface area contributed by atoms with Crippen LogP contribution in [0.1, 0.15) is 52.9 Å². The lowest BCUT2D eigenvalue weighted by Gasteiger charge is -2.49. The van der Waals surface area contributed by atoms with Crippen LogP contribution in [0.4, 0.5) is 0 Å². The van der Waals surface area contributed by atoms with Crippen molar-refractivity contribution in [2.24, 2.45) is 5.73 Å². The summed E-state index contributed by atoms with van der Waals surface area (Å²) in [6.07, 6.45) is 2.84. The topological polar surface area (TPSA) is 83.2 Å². The maximum absolute atomic E-state index is 12.4. The number of primary amides is 1. The highest BCUT2D eigenvalue weighted by Crippen LogP contribution is 2.50. The summed E-state index contributed by atoms with van der Waals surface area (Å²) in [4.78, 5) is 15.0. The van der Waals surface area contributed by atoms with E-state index in [-0.39, 0.29) is 18.2 Å². The van der Waals surface area contributed by atoms with Gasteiger partial charge in [0.15, 0.2) is 11.5 Å². The van der Waals surface area contributed by atoms with Gasteiger partial charge in [0, 0.05) is 11.6 Å². The molecule has 0 radical (unpaired) electrons. The Kier molecular flexibility index (Phi) is 6.34. The van der Waals surface area contributed by atoms with E-state index in [2.05, 4.69) is 29.2 Å². The molecule has 0 aliphatic carbocycles. The number of morpholine rings is 1. The molecule has 2 aliphatic heterocycles. The molecule has 0 bridgehead atoms. The molecule has 3 atom stereocenters. The summed E-state index contributed by atoms with van der Waals surface area (Å²) < 4.78 is 23.2. The number of rotatable bonds is 6. The van der Waals surface area contributed by atoms with Gasteiger partial charge in [-0.3, -0.25) is 9.69 Å². The van der Waals surface area contributed by atoms with Gasteiger partial charge in [-0.05, 0) is 31.0 Å². The number of carbonyl (C=O) groups excluding carboxylic acids is 1. The van der Waals surface area contributed by atoms with Crippen LogP contribution in [0.5, 0.6) is 17.2 Å². The second-order valence-corrected chi connectivity index (χ2v) is 7.95. The first-order valence-electron chi connectivity index (χ1n) is 10.7. The largest absolute Gasteiger partial charge is 0.493 e. The van der Waals surface area contributed by atoms with Crippen molar-refractivity contribution in [1.29, 1.82) is 0 Å². The van der Waals surface area contributed by atoms with Crippen molar-refractivity contribution < 1.29 is 23.7 Å². The molecule has 7 heteroatoms. The van der Waals surface area contributed by atoms with Crippen molar-refractivity contribution in [2.75, 3.05) is 34.5 Å². The number of benzene rings is 2. The van der Waals surface area contributed by atoms with Gasteiger partial charge < -0.3 is 24.7 Å². The van der Waals surface area contributed by atoms with Crippen LogP contribution in [0.25, 0.3) is 0 Å². The summed E-state index contributed by atoms with van der Waals surface area (Å²) in [5.41, 5.74) is 8.00. The van der Waals surface area contributed by atoms with Crippen molar-refractivity contribution in [1.82, 2.24) is 4.90 Å². The summed E-state index contributed by atoms with van der Waals surface area (Å²) in [7, 11) is 4.63. The molecule has 2 heterocycles. The summed E-state index contributed by atoms with van der Waals surface area (Å²) in [5, 5.41) is 0. The highest BCUT2D eigenvalue weighted by atomic mass is 16.5. The van der Waals surface area contributed by atoms with Crippen molar-refractivity contribution >= 4 is 5.91 Å². The van der Waals surface area contributed by atoms with Gasteiger partial charge in [-0.1, -0.05) is 36.8 Å². The molecule has 4 rings (SSSR count). The minimum Gasteiger partial charge on any atom is -0.493 e. The molecule has 3 unspecified atom stereocenters. The van der Waals surface area contributed by atoms with E-state index in [4.69, 9.17) is 24.7 Å². The molecule has 2 aliphatic rings. The van der Waals surface area contributed by atoms with E-state index in [1.165, 1.54) is 12.7 Å². The van der Waals surface area contributed by atoms with Gasteiger partial charge in [0.25, 0.3) is 0 Å². The standard InChI is InChI=1S/C24H30N2O5/c1-28-19-13-16(24(25)27)20(23(30-3)22(19)29-2)21-17-11-7-8-12-26(17)18(14-31-21)15-9-5-4-6-10-15/h4-6,9-10,13,17-18,21H,7-8,11-12,14H2,1-3H3,(H2,25,27). The zero-order chi connectivity index (χ0) is 22.0. The highest BCUT2D eigenvalue weighted by molar-refractivity contribution is 5.96. The molecule has 7 nitrogen and oxygen atoms in total. The second-order valence-electron chi connectivity index (χ2n) is 7.95. The fourth-order valence-electron chi connectivity index (χ4n) is 5.00. The summed E-state index contributed by atoms with van der Waals surface area (Å²) >= 11 is 0. The molecule has 166 valence electrons. The lowest BCUT2D eigenvalue weighted by molar-refractivity contribution is -0.121. The van der Waals surface area contributed by atoms with E-state index >= 15 is 0 Å². The fraction of sp³-hybridized carbons (Fsp3) is 0.458. The third kappa shape index (κ3) is 3.83. The van der Waals surface area contributed by atoms with Crippen LogP contribution < -0.4 is 19.9 Å². The molecule has 2 aromatic carbocycles. The van der Waals surface area contributed by atoms with Gasteiger partial charge in [0.2, 0.25) is 11.7 Å². The fourth-order valence-corrected chi connectivity index (χ4v) is 5.00. The number of amides is 1. The van der Waals surface area contributed by atoms with Crippen LogP contribution in [0.3, 0.4) is 0 Å². The van der Waals surface area contributed by atoms with Gasteiger partial charge >= 0.3 is 0 Å². The van der Waals surface area contributed by atoms with Gasteiger partial charge in [-0.25, -0.2) is 0 Å². The van der Waals surface area contributed by atoms with Crippen LogP contribution in [0.2, 0.25) is 0 Å². The first kappa shape index (κ1) is 21.5. The van der Waals surface area contributed by atoms with Crippen molar-refractivity contribution in [2.45, 2.75) is 37.5 Å².